The van der Waals surface area contributed by atoms with Gasteiger partial charge in [-0.2, -0.15) is 0 Å². The first-order chi connectivity index (χ1) is 13.3. The van der Waals surface area contributed by atoms with Crippen LogP contribution in [0.3, 0.4) is 0 Å². The molecule has 1 aliphatic heterocycles. The number of aromatic nitrogens is 2. The van der Waals surface area contributed by atoms with Crippen LogP contribution in [0.25, 0.3) is 17.1 Å². The Bertz CT molecular complexity index is 943. The van der Waals surface area contributed by atoms with Crippen molar-refractivity contribution in [2.45, 2.75) is 25.8 Å². The molecule has 2 aromatic carbocycles. The van der Waals surface area contributed by atoms with Gasteiger partial charge in [-0.1, -0.05) is 30.3 Å². The van der Waals surface area contributed by atoms with E-state index in [0.29, 0.717) is 6.61 Å². The molecule has 2 heterocycles. The maximum atomic E-state index is 12.8. The Hall–Kier alpha value is -3.08. The molecular weight excluding hydrogens is 338 g/mol. The van der Waals surface area contributed by atoms with E-state index in [1.807, 2.05) is 66.4 Å². The lowest BCUT2D eigenvalue weighted by molar-refractivity contribution is -0.126. The number of H-pyrrole nitrogens is 1. The lowest BCUT2D eigenvalue weighted by Gasteiger charge is -2.21. The van der Waals surface area contributed by atoms with Gasteiger partial charge in [-0.25, -0.2) is 4.98 Å². The van der Waals surface area contributed by atoms with Gasteiger partial charge < -0.3 is 14.6 Å². The van der Waals surface area contributed by atoms with Crippen LogP contribution in [-0.2, 0) is 4.79 Å². The quantitative estimate of drug-likeness (QED) is 0.688. The normalized spacial score (nSPS) is 17.1. The van der Waals surface area contributed by atoms with Gasteiger partial charge in [0, 0.05) is 18.2 Å². The lowest BCUT2D eigenvalue weighted by Crippen LogP contribution is -2.29. The Morgan fingerprint density at radius 2 is 2.07 bits per heavy atom. The molecule has 1 N–H and O–H groups in total. The van der Waals surface area contributed by atoms with Gasteiger partial charge in [-0.15, -0.1) is 0 Å². The molecule has 0 aliphatic carbocycles. The minimum Gasteiger partial charge on any atom is -0.493 e. The number of carbonyl (C=O) groups excluding carboxylic acids is 1. The Kier molecular flexibility index (Phi) is 4.92. The fourth-order valence-electron chi connectivity index (χ4n) is 3.61. The molecule has 138 valence electrons. The molecule has 3 aromatic rings. The molecule has 1 aliphatic rings. The van der Waals surface area contributed by atoms with Crippen LogP contribution in [0.4, 0.5) is 0 Å². The third-order valence-electron chi connectivity index (χ3n) is 4.88. The summed E-state index contributed by atoms with van der Waals surface area (Å²) in [7, 11) is 0. The first-order valence-corrected chi connectivity index (χ1v) is 9.41. The van der Waals surface area contributed by atoms with Crippen LogP contribution in [0.5, 0.6) is 5.75 Å². The summed E-state index contributed by atoms with van der Waals surface area (Å²) >= 11 is 0. The van der Waals surface area contributed by atoms with E-state index < -0.39 is 0 Å². The topological polar surface area (TPSA) is 58.2 Å². The molecule has 0 radical (unpaired) electrons. The minimum absolute atomic E-state index is 0.00307. The third-order valence-corrected chi connectivity index (χ3v) is 4.88. The van der Waals surface area contributed by atoms with Gasteiger partial charge in [0.1, 0.15) is 11.6 Å². The highest BCUT2D eigenvalue weighted by Gasteiger charge is 2.31. The molecule has 27 heavy (non-hydrogen) atoms. The van der Waals surface area contributed by atoms with E-state index in [0.717, 1.165) is 47.6 Å². The highest BCUT2D eigenvalue weighted by atomic mass is 16.5. The number of fused-ring (bicyclic) bond motifs is 1. The fourth-order valence-corrected chi connectivity index (χ4v) is 3.61. The summed E-state index contributed by atoms with van der Waals surface area (Å²) in [6.07, 6.45) is 5.38. The fraction of sp³-hybridized carbons (Fsp3) is 0.273. The molecule has 1 aromatic heterocycles. The summed E-state index contributed by atoms with van der Waals surface area (Å²) in [5, 5.41) is 0. The number of nitrogens with zero attached hydrogens (tertiary/aromatic N) is 2. The Morgan fingerprint density at radius 1 is 1.26 bits per heavy atom. The standard InChI is InChI=1S/C22H23N3O2/c1-2-27-20-12-6-3-8-16(20)13-14-21(26)25-15-7-11-19(25)22-23-17-9-4-5-10-18(17)24-22/h3-6,8-10,12-14,19H,2,7,11,15H2,1H3,(H,23,24)/b14-13+. The average molecular weight is 361 g/mol. The number of ether oxygens (including phenoxy) is 1. The van der Waals surface area contributed by atoms with Gasteiger partial charge in [-0.3, -0.25) is 4.79 Å². The summed E-state index contributed by atoms with van der Waals surface area (Å²) in [4.78, 5) is 22.8. The molecule has 0 bridgehead atoms. The van der Waals surface area contributed by atoms with Crippen LogP contribution in [0.2, 0.25) is 0 Å². The van der Waals surface area contributed by atoms with E-state index in [-0.39, 0.29) is 11.9 Å². The van der Waals surface area contributed by atoms with Gasteiger partial charge in [0.25, 0.3) is 0 Å². The first kappa shape index (κ1) is 17.3. The second-order valence-electron chi connectivity index (χ2n) is 6.63. The SMILES string of the molecule is CCOc1ccccc1/C=C/C(=O)N1CCCC1c1nc2ccccc2[nH]1. The van der Waals surface area contributed by atoms with Crippen molar-refractivity contribution < 1.29 is 9.53 Å². The minimum atomic E-state index is -0.00307. The van der Waals surface area contributed by atoms with E-state index in [2.05, 4.69) is 4.98 Å². The molecule has 4 rings (SSSR count). The highest BCUT2D eigenvalue weighted by molar-refractivity contribution is 5.92. The van der Waals surface area contributed by atoms with Crippen molar-refractivity contribution in [2.24, 2.45) is 0 Å². The van der Waals surface area contributed by atoms with Gasteiger partial charge in [-0.05, 0) is 44.0 Å². The van der Waals surface area contributed by atoms with Gasteiger partial charge >= 0.3 is 0 Å². The average Bonchev–Trinajstić information content (AvgIpc) is 3.34. The predicted octanol–water partition coefficient (Wildman–Crippen LogP) is 4.34. The van der Waals surface area contributed by atoms with Crippen molar-refractivity contribution in [3.63, 3.8) is 0 Å². The van der Waals surface area contributed by atoms with E-state index in [4.69, 9.17) is 9.72 Å². The molecule has 1 fully saturated rings. The number of aromatic amines is 1. The Labute approximate surface area is 158 Å². The number of rotatable bonds is 5. The van der Waals surface area contributed by atoms with E-state index in [1.54, 1.807) is 6.08 Å². The van der Waals surface area contributed by atoms with Crippen LogP contribution >= 0.6 is 0 Å². The zero-order chi connectivity index (χ0) is 18.6. The number of para-hydroxylation sites is 3. The number of benzene rings is 2. The van der Waals surface area contributed by atoms with Gasteiger partial charge in [0.2, 0.25) is 5.91 Å². The number of imidazole rings is 1. The van der Waals surface area contributed by atoms with Crippen molar-refractivity contribution in [3.05, 3.63) is 66.0 Å². The summed E-state index contributed by atoms with van der Waals surface area (Å²) in [6.45, 7) is 3.30. The van der Waals surface area contributed by atoms with Gasteiger partial charge in [0.15, 0.2) is 0 Å². The number of hydrogen-bond donors (Lipinski definition) is 1. The largest absolute Gasteiger partial charge is 0.493 e. The molecule has 5 heteroatoms. The maximum absolute atomic E-state index is 12.8. The second kappa shape index (κ2) is 7.66. The number of nitrogens with one attached hydrogen (secondary N) is 1. The Morgan fingerprint density at radius 3 is 2.93 bits per heavy atom. The van der Waals surface area contributed by atoms with Crippen LogP contribution in [0.15, 0.2) is 54.6 Å². The van der Waals surface area contributed by atoms with E-state index >= 15 is 0 Å². The van der Waals surface area contributed by atoms with Crippen molar-refractivity contribution >= 4 is 23.0 Å². The van der Waals surface area contributed by atoms with Crippen molar-refractivity contribution in [1.29, 1.82) is 0 Å². The third kappa shape index (κ3) is 3.58. The van der Waals surface area contributed by atoms with Crippen molar-refractivity contribution in [3.8, 4) is 5.75 Å². The van der Waals surface area contributed by atoms with Crippen molar-refractivity contribution in [2.75, 3.05) is 13.2 Å². The summed E-state index contributed by atoms with van der Waals surface area (Å²) in [5.41, 5.74) is 2.85. The van der Waals surface area contributed by atoms with Crippen molar-refractivity contribution in [1.82, 2.24) is 14.9 Å². The summed E-state index contributed by atoms with van der Waals surface area (Å²) in [6, 6.07) is 15.7. The summed E-state index contributed by atoms with van der Waals surface area (Å²) < 4.78 is 5.63. The molecule has 1 unspecified atom stereocenters. The molecule has 0 saturated carbocycles. The zero-order valence-electron chi connectivity index (χ0n) is 15.4. The number of likely N-dealkylation sites (tertiary alicyclic amines) is 1. The smallest absolute Gasteiger partial charge is 0.247 e. The second-order valence-corrected chi connectivity index (χ2v) is 6.63. The maximum Gasteiger partial charge on any atom is 0.247 e. The van der Waals surface area contributed by atoms with Gasteiger partial charge in [0.05, 0.1) is 23.7 Å². The van der Waals surface area contributed by atoms with Crippen LogP contribution < -0.4 is 4.74 Å². The molecule has 0 spiro atoms. The monoisotopic (exact) mass is 361 g/mol. The summed E-state index contributed by atoms with van der Waals surface area (Å²) in [5.74, 6) is 1.66. The number of amides is 1. The Balaban J connectivity index is 1.54. The highest BCUT2D eigenvalue weighted by Crippen LogP contribution is 2.31. The molecule has 1 saturated heterocycles. The molecule has 1 atom stereocenters. The van der Waals surface area contributed by atoms with Crippen LogP contribution in [-0.4, -0.2) is 33.9 Å². The van der Waals surface area contributed by atoms with Crippen LogP contribution in [0, 0.1) is 0 Å². The predicted molar refractivity (Wildman–Crippen MR) is 106 cm³/mol. The molecule has 1 amide bonds. The zero-order valence-corrected chi connectivity index (χ0v) is 15.4. The lowest BCUT2D eigenvalue weighted by atomic mass is 10.1. The number of carbonyl (C=O) groups is 1. The van der Waals surface area contributed by atoms with E-state index in [9.17, 15) is 4.79 Å². The molecular formula is C22H23N3O2. The molecule has 5 nitrogen and oxygen atoms in total. The first-order valence-electron chi connectivity index (χ1n) is 9.41. The van der Waals surface area contributed by atoms with E-state index in [1.165, 1.54) is 0 Å². The number of hydrogen-bond acceptors (Lipinski definition) is 3. The van der Waals surface area contributed by atoms with Crippen LogP contribution in [0.1, 0.15) is 37.2 Å².